The summed E-state index contributed by atoms with van der Waals surface area (Å²) in [7, 11) is 0. The summed E-state index contributed by atoms with van der Waals surface area (Å²) in [6.07, 6.45) is 10.5. The summed E-state index contributed by atoms with van der Waals surface area (Å²) in [6, 6.07) is 0. The van der Waals surface area contributed by atoms with Gasteiger partial charge in [-0.3, -0.25) is 0 Å². The van der Waals surface area contributed by atoms with Gasteiger partial charge in [0, 0.05) is 11.3 Å². The van der Waals surface area contributed by atoms with Crippen molar-refractivity contribution in [1.82, 2.24) is 0 Å². The fourth-order valence-electron chi connectivity index (χ4n) is 1.86. The molecule has 2 N–H and O–H groups in total. The van der Waals surface area contributed by atoms with Gasteiger partial charge in [0.25, 0.3) is 0 Å². The Kier molecular flexibility index (Phi) is 3.73. The van der Waals surface area contributed by atoms with Crippen molar-refractivity contribution in [2.24, 2.45) is 5.73 Å². The summed E-state index contributed by atoms with van der Waals surface area (Å²) < 4.78 is 0.441. The smallest absolute Gasteiger partial charge is 0.0279 e. The average Bonchev–Trinajstić information content (AvgIpc) is 2.30. The van der Waals surface area contributed by atoms with Crippen LogP contribution in [0.15, 0.2) is 0 Å². The minimum atomic E-state index is 0.441. The Morgan fingerprint density at radius 3 is 2.09 bits per heavy atom. The van der Waals surface area contributed by atoms with E-state index in [1.165, 1.54) is 38.5 Å². The number of hydrogen-bond donors (Lipinski definition) is 1. The topological polar surface area (TPSA) is 26.0 Å². The molecule has 0 spiro atoms. The van der Waals surface area contributed by atoms with Gasteiger partial charge in [-0.15, -0.1) is 0 Å². The van der Waals surface area contributed by atoms with Gasteiger partial charge in [-0.25, -0.2) is 0 Å². The van der Waals surface area contributed by atoms with Crippen molar-refractivity contribution in [2.75, 3.05) is 12.8 Å². The van der Waals surface area contributed by atoms with Gasteiger partial charge in [0.1, 0.15) is 0 Å². The van der Waals surface area contributed by atoms with Gasteiger partial charge in [0.05, 0.1) is 0 Å². The van der Waals surface area contributed by atoms with Crippen LogP contribution in [0.1, 0.15) is 38.5 Å². The zero-order valence-corrected chi connectivity index (χ0v) is 8.25. The van der Waals surface area contributed by atoms with Gasteiger partial charge < -0.3 is 5.73 Å². The molecule has 1 saturated carbocycles. The molecule has 0 aromatic heterocycles. The third-order valence-corrected chi connectivity index (χ3v) is 4.26. The van der Waals surface area contributed by atoms with Crippen LogP contribution in [-0.4, -0.2) is 17.5 Å². The molecule has 0 aromatic carbocycles. The van der Waals surface area contributed by atoms with Gasteiger partial charge in [0.2, 0.25) is 0 Å². The minimum Gasteiger partial charge on any atom is -0.329 e. The normalized spacial score (nSPS) is 24.5. The van der Waals surface area contributed by atoms with Crippen molar-refractivity contribution in [3.8, 4) is 0 Å². The second-order valence-electron chi connectivity index (χ2n) is 3.51. The maximum atomic E-state index is 5.80. The molecule has 2 heteroatoms. The highest BCUT2D eigenvalue weighted by Gasteiger charge is 2.27. The highest BCUT2D eigenvalue weighted by atomic mass is 32.2. The van der Waals surface area contributed by atoms with Crippen LogP contribution in [0.25, 0.3) is 0 Å². The first-order chi connectivity index (χ1) is 5.33. The monoisotopic (exact) mass is 173 g/mol. The molecule has 0 radical (unpaired) electrons. The summed E-state index contributed by atoms with van der Waals surface area (Å²) in [5.41, 5.74) is 5.80. The number of hydrogen-bond acceptors (Lipinski definition) is 2. The predicted molar refractivity (Wildman–Crippen MR) is 53.0 cm³/mol. The summed E-state index contributed by atoms with van der Waals surface area (Å²) >= 11 is 1.98. The zero-order chi connectivity index (χ0) is 8.16. The molecular formula is C9H19NS. The molecule has 1 fully saturated rings. The Balaban J connectivity index is 2.49. The van der Waals surface area contributed by atoms with E-state index < -0.39 is 0 Å². The van der Waals surface area contributed by atoms with E-state index >= 15 is 0 Å². The molecule has 0 bridgehead atoms. The first kappa shape index (κ1) is 9.40. The van der Waals surface area contributed by atoms with Crippen LogP contribution in [0.5, 0.6) is 0 Å². The van der Waals surface area contributed by atoms with Crippen LogP contribution in [0.2, 0.25) is 0 Å². The van der Waals surface area contributed by atoms with Crippen molar-refractivity contribution in [2.45, 2.75) is 43.3 Å². The van der Waals surface area contributed by atoms with Crippen molar-refractivity contribution in [1.29, 1.82) is 0 Å². The lowest BCUT2D eigenvalue weighted by molar-refractivity contribution is 0.522. The summed E-state index contributed by atoms with van der Waals surface area (Å²) in [6.45, 7) is 0.869. The maximum Gasteiger partial charge on any atom is 0.0279 e. The molecule has 1 rings (SSSR count). The number of rotatable bonds is 2. The molecule has 0 atom stereocenters. The summed E-state index contributed by atoms with van der Waals surface area (Å²) in [5, 5.41) is 0. The first-order valence-corrected chi connectivity index (χ1v) is 5.81. The average molecular weight is 173 g/mol. The molecule has 0 amide bonds. The fourth-order valence-corrected chi connectivity index (χ4v) is 2.73. The highest BCUT2D eigenvalue weighted by Crippen LogP contribution is 2.36. The van der Waals surface area contributed by atoms with Crippen molar-refractivity contribution in [3.05, 3.63) is 0 Å². The SMILES string of the molecule is CSC1(CN)CCCCCC1. The van der Waals surface area contributed by atoms with Crippen LogP contribution in [0.4, 0.5) is 0 Å². The molecule has 0 aromatic rings. The number of nitrogens with two attached hydrogens (primary N) is 1. The molecule has 0 aliphatic heterocycles. The lowest BCUT2D eigenvalue weighted by Crippen LogP contribution is -2.33. The Morgan fingerprint density at radius 1 is 1.18 bits per heavy atom. The highest BCUT2D eigenvalue weighted by molar-refractivity contribution is 8.00. The third-order valence-electron chi connectivity index (χ3n) is 2.82. The van der Waals surface area contributed by atoms with Gasteiger partial charge in [-0.1, -0.05) is 25.7 Å². The second kappa shape index (κ2) is 4.36. The van der Waals surface area contributed by atoms with Gasteiger partial charge in [0.15, 0.2) is 0 Å². The molecule has 0 unspecified atom stereocenters. The van der Waals surface area contributed by atoms with E-state index in [0.29, 0.717) is 4.75 Å². The fraction of sp³-hybridized carbons (Fsp3) is 1.00. The lowest BCUT2D eigenvalue weighted by Gasteiger charge is -2.28. The van der Waals surface area contributed by atoms with Crippen molar-refractivity contribution >= 4 is 11.8 Å². The van der Waals surface area contributed by atoms with E-state index in [1.54, 1.807) is 0 Å². The molecular weight excluding hydrogens is 154 g/mol. The molecule has 11 heavy (non-hydrogen) atoms. The standard InChI is InChI=1S/C9H19NS/c1-11-9(8-10)6-4-2-3-5-7-9/h2-8,10H2,1H3. The van der Waals surface area contributed by atoms with Gasteiger partial charge >= 0.3 is 0 Å². The lowest BCUT2D eigenvalue weighted by atomic mass is 10.00. The zero-order valence-electron chi connectivity index (χ0n) is 7.44. The van der Waals surface area contributed by atoms with Crippen LogP contribution >= 0.6 is 11.8 Å². The molecule has 0 saturated heterocycles. The van der Waals surface area contributed by atoms with Crippen molar-refractivity contribution < 1.29 is 0 Å². The minimum absolute atomic E-state index is 0.441. The van der Waals surface area contributed by atoms with E-state index in [9.17, 15) is 0 Å². The molecule has 1 nitrogen and oxygen atoms in total. The molecule has 1 aliphatic carbocycles. The summed E-state index contributed by atoms with van der Waals surface area (Å²) in [5.74, 6) is 0. The Bertz CT molecular complexity index is 100. The van der Waals surface area contributed by atoms with Crippen LogP contribution in [0.3, 0.4) is 0 Å². The van der Waals surface area contributed by atoms with E-state index in [4.69, 9.17) is 5.73 Å². The Hall–Kier alpha value is 0.310. The first-order valence-electron chi connectivity index (χ1n) is 4.58. The third kappa shape index (κ3) is 2.38. The van der Waals surface area contributed by atoms with Gasteiger partial charge in [-0.05, 0) is 19.1 Å². The van der Waals surface area contributed by atoms with Crippen LogP contribution in [-0.2, 0) is 0 Å². The Morgan fingerprint density at radius 2 is 1.73 bits per heavy atom. The van der Waals surface area contributed by atoms with Gasteiger partial charge in [-0.2, -0.15) is 11.8 Å². The summed E-state index contributed by atoms with van der Waals surface area (Å²) in [4.78, 5) is 0. The van der Waals surface area contributed by atoms with Crippen LogP contribution in [0, 0.1) is 0 Å². The molecule has 66 valence electrons. The maximum absolute atomic E-state index is 5.80. The largest absolute Gasteiger partial charge is 0.329 e. The predicted octanol–water partition coefficient (Wildman–Crippen LogP) is 2.40. The number of thioether (sulfide) groups is 1. The van der Waals surface area contributed by atoms with E-state index in [-0.39, 0.29) is 0 Å². The van der Waals surface area contributed by atoms with Crippen LogP contribution < -0.4 is 5.73 Å². The molecule has 0 heterocycles. The van der Waals surface area contributed by atoms with E-state index in [2.05, 4.69) is 6.26 Å². The Labute approximate surface area is 74.1 Å². The van der Waals surface area contributed by atoms with Crippen molar-refractivity contribution in [3.63, 3.8) is 0 Å². The van der Waals surface area contributed by atoms with E-state index in [1.807, 2.05) is 11.8 Å². The quantitative estimate of drug-likeness (QED) is 0.649. The molecule has 1 aliphatic rings. The second-order valence-corrected chi connectivity index (χ2v) is 4.78. The van der Waals surface area contributed by atoms with E-state index in [0.717, 1.165) is 6.54 Å².